The summed E-state index contributed by atoms with van der Waals surface area (Å²) in [5.41, 5.74) is 5.06. The third-order valence-corrected chi connectivity index (χ3v) is 4.90. The zero-order chi connectivity index (χ0) is 16.1. The molecule has 0 aliphatic heterocycles. The number of rotatable bonds is 1. The van der Waals surface area contributed by atoms with Gasteiger partial charge < -0.3 is 4.57 Å². The van der Waals surface area contributed by atoms with Crippen LogP contribution in [0.1, 0.15) is 5.56 Å². The molecule has 1 nitrogen and oxygen atoms in total. The van der Waals surface area contributed by atoms with E-state index in [-0.39, 0.29) is 0 Å². The first kappa shape index (κ1) is 13.4. The SMILES string of the molecule is Cc1ccccc1-n1c2ccccc2c2cc3ccccc3cc21. The van der Waals surface area contributed by atoms with Crippen LogP contribution < -0.4 is 0 Å². The molecular weight excluding hydrogens is 290 g/mol. The van der Waals surface area contributed by atoms with Gasteiger partial charge in [0.15, 0.2) is 0 Å². The lowest BCUT2D eigenvalue weighted by atomic mass is 10.1. The number of hydrogen-bond acceptors (Lipinski definition) is 0. The van der Waals surface area contributed by atoms with Crippen molar-refractivity contribution < 1.29 is 0 Å². The van der Waals surface area contributed by atoms with Crippen molar-refractivity contribution in [3.63, 3.8) is 0 Å². The Morgan fingerprint density at radius 3 is 2.08 bits per heavy atom. The monoisotopic (exact) mass is 307 g/mol. The minimum atomic E-state index is 1.25. The molecule has 1 heterocycles. The first-order valence-electron chi connectivity index (χ1n) is 8.31. The van der Waals surface area contributed by atoms with E-state index >= 15 is 0 Å². The highest BCUT2D eigenvalue weighted by atomic mass is 15.0. The number of fused-ring (bicyclic) bond motifs is 4. The molecule has 0 saturated heterocycles. The molecule has 0 radical (unpaired) electrons. The van der Waals surface area contributed by atoms with Crippen molar-refractivity contribution in [3.05, 3.63) is 90.5 Å². The van der Waals surface area contributed by atoms with Crippen LogP contribution in [-0.2, 0) is 0 Å². The lowest BCUT2D eigenvalue weighted by Gasteiger charge is -2.11. The first-order valence-corrected chi connectivity index (χ1v) is 8.31. The summed E-state index contributed by atoms with van der Waals surface area (Å²) in [6.07, 6.45) is 0. The second-order valence-corrected chi connectivity index (χ2v) is 6.36. The van der Waals surface area contributed by atoms with Gasteiger partial charge in [0.25, 0.3) is 0 Å². The maximum atomic E-state index is 2.40. The van der Waals surface area contributed by atoms with Crippen LogP contribution in [0.4, 0.5) is 0 Å². The highest BCUT2D eigenvalue weighted by Crippen LogP contribution is 2.35. The number of benzene rings is 4. The van der Waals surface area contributed by atoms with Crippen molar-refractivity contribution >= 4 is 32.6 Å². The number of para-hydroxylation sites is 2. The van der Waals surface area contributed by atoms with E-state index in [9.17, 15) is 0 Å². The van der Waals surface area contributed by atoms with Crippen molar-refractivity contribution in [3.8, 4) is 5.69 Å². The zero-order valence-corrected chi connectivity index (χ0v) is 13.5. The summed E-state index contributed by atoms with van der Waals surface area (Å²) in [6, 6.07) is 30.5. The molecule has 0 bridgehead atoms. The average Bonchev–Trinajstić information content (AvgIpc) is 2.94. The van der Waals surface area contributed by atoms with Crippen LogP contribution in [0.5, 0.6) is 0 Å². The predicted molar refractivity (Wildman–Crippen MR) is 103 cm³/mol. The maximum absolute atomic E-state index is 2.40. The van der Waals surface area contributed by atoms with Crippen molar-refractivity contribution in [1.29, 1.82) is 0 Å². The molecule has 1 aromatic heterocycles. The summed E-state index contributed by atoms with van der Waals surface area (Å²) < 4.78 is 2.40. The minimum Gasteiger partial charge on any atom is -0.309 e. The summed E-state index contributed by atoms with van der Waals surface area (Å²) in [5, 5.41) is 5.19. The van der Waals surface area contributed by atoms with Gasteiger partial charge >= 0.3 is 0 Å². The van der Waals surface area contributed by atoms with Gasteiger partial charge in [-0.1, -0.05) is 60.7 Å². The van der Waals surface area contributed by atoms with Crippen molar-refractivity contribution in [2.24, 2.45) is 0 Å². The number of nitrogens with zero attached hydrogens (tertiary/aromatic N) is 1. The van der Waals surface area contributed by atoms with Gasteiger partial charge in [0.2, 0.25) is 0 Å². The Kier molecular flexibility index (Phi) is 2.77. The molecule has 0 aliphatic carbocycles. The van der Waals surface area contributed by atoms with E-state index in [2.05, 4.69) is 96.4 Å². The Balaban J connectivity index is 2.04. The van der Waals surface area contributed by atoms with Gasteiger partial charge in [0.1, 0.15) is 0 Å². The largest absolute Gasteiger partial charge is 0.309 e. The van der Waals surface area contributed by atoms with Gasteiger partial charge in [-0.3, -0.25) is 0 Å². The van der Waals surface area contributed by atoms with Crippen LogP contribution in [0, 0.1) is 6.92 Å². The lowest BCUT2D eigenvalue weighted by Crippen LogP contribution is -1.96. The quantitative estimate of drug-likeness (QED) is 0.345. The Hall–Kier alpha value is -3.06. The lowest BCUT2D eigenvalue weighted by molar-refractivity contribution is 1.15. The summed E-state index contributed by atoms with van der Waals surface area (Å²) >= 11 is 0. The Labute approximate surface area is 140 Å². The summed E-state index contributed by atoms with van der Waals surface area (Å²) in [6.45, 7) is 2.18. The zero-order valence-electron chi connectivity index (χ0n) is 13.5. The second-order valence-electron chi connectivity index (χ2n) is 6.36. The van der Waals surface area contributed by atoms with E-state index < -0.39 is 0 Å². The average molecular weight is 307 g/mol. The van der Waals surface area contributed by atoms with Crippen LogP contribution in [0.2, 0.25) is 0 Å². The fourth-order valence-corrected chi connectivity index (χ4v) is 3.73. The predicted octanol–water partition coefficient (Wildman–Crippen LogP) is 6.25. The number of hydrogen-bond donors (Lipinski definition) is 0. The minimum absolute atomic E-state index is 1.25. The van der Waals surface area contributed by atoms with E-state index in [0.717, 1.165) is 0 Å². The van der Waals surface area contributed by atoms with Crippen LogP contribution in [-0.4, -0.2) is 4.57 Å². The number of aryl methyl sites for hydroxylation is 1. The molecular formula is C23H17N. The fraction of sp³-hybridized carbons (Fsp3) is 0.0435. The Bertz CT molecular complexity index is 1210. The normalized spacial score (nSPS) is 11.5. The van der Waals surface area contributed by atoms with Crippen LogP contribution >= 0.6 is 0 Å². The third-order valence-electron chi connectivity index (χ3n) is 4.90. The molecule has 0 aliphatic rings. The molecule has 24 heavy (non-hydrogen) atoms. The van der Waals surface area contributed by atoms with Gasteiger partial charge in [0.05, 0.1) is 11.0 Å². The molecule has 0 unspecified atom stereocenters. The Morgan fingerprint density at radius 1 is 0.583 bits per heavy atom. The van der Waals surface area contributed by atoms with E-state index in [1.165, 1.54) is 43.8 Å². The van der Waals surface area contributed by atoms with E-state index in [1.807, 2.05) is 0 Å². The first-order chi connectivity index (χ1) is 11.8. The van der Waals surface area contributed by atoms with Gasteiger partial charge in [0, 0.05) is 16.5 Å². The second kappa shape index (κ2) is 4.97. The standard InChI is InChI=1S/C23H17N/c1-16-8-2-6-12-21(16)24-22-13-7-5-11-19(22)20-14-17-9-3-4-10-18(17)15-23(20)24/h2-15H,1H3. The van der Waals surface area contributed by atoms with Crippen LogP contribution in [0.3, 0.4) is 0 Å². The molecule has 4 aromatic carbocycles. The highest BCUT2D eigenvalue weighted by molar-refractivity contribution is 6.13. The van der Waals surface area contributed by atoms with Crippen molar-refractivity contribution in [1.82, 2.24) is 4.57 Å². The molecule has 0 saturated carbocycles. The summed E-state index contributed by atoms with van der Waals surface area (Å²) in [4.78, 5) is 0. The molecule has 0 atom stereocenters. The van der Waals surface area contributed by atoms with Gasteiger partial charge in [-0.15, -0.1) is 0 Å². The molecule has 0 fully saturated rings. The van der Waals surface area contributed by atoms with Crippen molar-refractivity contribution in [2.75, 3.05) is 0 Å². The summed E-state index contributed by atoms with van der Waals surface area (Å²) in [7, 11) is 0. The van der Waals surface area contributed by atoms with Crippen molar-refractivity contribution in [2.45, 2.75) is 6.92 Å². The van der Waals surface area contributed by atoms with E-state index in [4.69, 9.17) is 0 Å². The van der Waals surface area contributed by atoms with Gasteiger partial charge in [-0.25, -0.2) is 0 Å². The van der Waals surface area contributed by atoms with E-state index in [1.54, 1.807) is 0 Å². The van der Waals surface area contributed by atoms with E-state index in [0.29, 0.717) is 0 Å². The van der Waals surface area contributed by atoms with Crippen LogP contribution in [0.25, 0.3) is 38.3 Å². The maximum Gasteiger partial charge on any atom is 0.0547 e. The molecule has 1 heteroatoms. The smallest absolute Gasteiger partial charge is 0.0547 e. The third kappa shape index (κ3) is 1.82. The molecule has 0 N–H and O–H groups in total. The molecule has 5 aromatic rings. The van der Waals surface area contributed by atoms with Crippen LogP contribution in [0.15, 0.2) is 84.9 Å². The topological polar surface area (TPSA) is 4.93 Å². The summed E-state index contributed by atoms with van der Waals surface area (Å²) in [5.74, 6) is 0. The molecule has 114 valence electrons. The van der Waals surface area contributed by atoms with Gasteiger partial charge in [-0.05, 0) is 47.5 Å². The fourth-order valence-electron chi connectivity index (χ4n) is 3.73. The molecule has 0 spiro atoms. The highest BCUT2D eigenvalue weighted by Gasteiger charge is 2.13. The van der Waals surface area contributed by atoms with Gasteiger partial charge in [-0.2, -0.15) is 0 Å². The Morgan fingerprint density at radius 2 is 1.25 bits per heavy atom. The molecule has 0 amide bonds. The number of aromatic nitrogens is 1. The molecule has 5 rings (SSSR count).